The lowest BCUT2D eigenvalue weighted by Gasteiger charge is -2.39. The van der Waals surface area contributed by atoms with E-state index in [0.29, 0.717) is 89.2 Å². The van der Waals surface area contributed by atoms with Crippen LogP contribution < -0.4 is 58.3 Å². The molecule has 100 heavy (non-hydrogen) atoms. The van der Waals surface area contributed by atoms with Gasteiger partial charge in [0, 0.05) is 76.0 Å². The van der Waals surface area contributed by atoms with E-state index in [0.717, 1.165) is 81.7 Å². The summed E-state index contributed by atoms with van der Waals surface area (Å²) in [6.45, 7) is 14.0. The molecule has 11 N–H and O–H groups in total. The number of nitrogens with one attached hydrogen (secondary N) is 7. The predicted molar refractivity (Wildman–Crippen MR) is 383 cm³/mol. The second-order valence-corrected chi connectivity index (χ2v) is 25.0. The summed E-state index contributed by atoms with van der Waals surface area (Å²) in [5.41, 5.74) is 21.1. The van der Waals surface area contributed by atoms with Crippen LogP contribution in [0.15, 0.2) is 103 Å². The fourth-order valence-electron chi connectivity index (χ4n) is 11.6. The van der Waals surface area contributed by atoms with Crippen LogP contribution in [-0.2, 0) is 73.9 Å². The number of aromatic nitrogens is 3. The SMILES string of the molecule is CCCCCNc1nc(N)nc2ccn(Cc3ccc(CN4CC(NC(=O)OCc5ccc(NC(=O)[C@H](CCCNC(N)=O)NC(=O)[C@@H](NC(=O)CCOCCOCCOCCOCCNC(=O)CCC(=O)N6Cc7ccccc7/C(C)=C\c7ccccc76)C(C)C)cc5)C4)cc3OC)c12. The van der Waals surface area contributed by atoms with E-state index in [2.05, 4.69) is 94.8 Å². The molecule has 0 radical (unpaired) electrons. The molecule has 0 bridgehead atoms. The van der Waals surface area contributed by atoms with Crippen LogP contribution in [0.1, 0.15) is 112 Å². The Morgan fingerprint density at radius 1 is 0.700 bits per heavy atom. The van der Waals surface area contributed by atoms with E-state index in [-0.39, 0.29) is 95.0 Å². The molecule has 2 aromatic heterocycles. The van der Waals surface area contributed by atoms with Crippen molar-refractivity contribution < 1.29 is 62.0 Å². The van der Waals surface area contributed by atoms with Gasteiger partial charge in [-0.05, 0) is 102 Å². The Hall–Kier alpha value is -9.67. The summed E-state index contributed by atoms with van der Waals surface area (Å²) in [6.07, 6.45) is 7.30. The van der Waals surface area contributed by atoms with Crippen LogP contribution in [0.2, 0.25) is 0 Å². The topological polar surface area (TPSA) is 348 Å². The number of anilines is 4. The first-order valence-electron chi connectivity index (χ1n) is 34.4. The molecule has 8 rings (SSSR count). The molecule has 538 valence electrons. The maximum atomic E-state index is 13.8. The number of methoxy groups -OCH3 is 1. The second-order valence-electron chi connectivity index (χ2n) is 25.0. The molecule has 4 heterocycles. The number of hydrogen-bond acceptors (Lipinski definition) is 18. The monoisotopic (exact) mass is 1380 g/mol. The molecule has 6 aromatic rings. The standard InChI is InChI=1S/C73H98N14O13/c1-6-7-12-29-77-68-67-59(82-71(74)84-68)27-32-86(67)44-55-22-19-52(42-62(55)95-5)43-85-46-57(47-85)80-73(94)100-48-51-20-23-56(24-21-51)79-69(91)60(17-13-30-78-72(75)93)81-70(92)66(49(2)3)83-64(89)28-33-96-35-37-98-39-40-99-38-36-97-34-31-76-63(88)25-26-65(90)87-45-54-15-8-10-16-58(54)50(4)41-53-14-9-11-18-61(53)87/h8-11,14-16,18-24,27,32,41-42,49,57,60,66H,6-7,12-13,17,25-26,28-31,33-40,43-48H2,1-5H3,(H,76,88)(H,79,91)(H,80,94)(H,81,92)(H,83,89)(H3,75,78,93)(H3,74,77,82,84)/b50-41-/t60-,66-/m0/s1. The third-order valence-electron chi connectivity index (χ3n) is 16.9. The number of alkyl carbamates (subject to hydrolysis) is 1. The normalized spacial score (nSPS) is 14.0. The minimum absolute atomic E-state index is 0.0174. The van der Waals surface area contributed by atoms with E-state index in [9.17, 15) is 33.6 Å². The summed E-state index contributed by atoms with van der Waals surface area (Å²) in [5.74, 6) is -0.540. The molecule has 2 atom stereocenters. The third-order valence-corrected chi connectivity index (χ3v) is 16.9. The van der Waals surface area contributed by atoms with Crippen LogP contribution in [0.5, 0.6) is 5.75 Å². The average molecular weight is 1380 g/mol. The van der Waals surface area contributed by atoms with Crippen molar-refractivity contribution >= 4 is 87.5 Å². The number of amides is 8. The van der Waals surface area contributed by atoms with Crippen LogP contribution >= 0.6 is 0 Å². The number of nitrogen functional groups attached to an aromatic ring is 1. The molecule has 27 nitrogen and oxygen atoms in total. The molecule has 8 amide bonds. The number of hydrogen-bond donors (Lipinski definition) is 9. The van der Waals surface area contributed by atoms with Gasteiger partial charge in [-0.1, -0.05) is 100 Å². The fourth-order valence-corrected chi connectivity index (χ4v) is 11.6. The lowest BCUT2D eigenvalue weighted by molar-refractivity contribution is -0.132. The molecule has 2 aliphatic heterocycles. The summed E-state index contributed by atoms with van der Waals surface area (Å²) in [5, 5.41) is 20.1. The largest absolute Gasteiger partial charge is 0.496 e. The summed E-state index contributed by atoms with van der Waals surface area (Å²) < 4.78 is 35.9. The van der Waals surface area contributed by atoms with Crippen LogP contribution in [-0.4, -0.2) is 172 Å². The van der Waals surface area contributed by atoms with Crippen molar-refractivity contribution in [2.24, 2.45) is 11.7 Å². The minimum Gasteiger partial charge on any atom is -0.496 e. The summed E-state index contributed by atoms with van der Waals surface area (Å²) in [6, 6.07) is 27.9. The van der Waals surface area contributed by atoms with Gasteiger partial charge in [-0.2, -0.15) is 4.98 Å². The number of ether oxygens (including phenoxy) is 6. The smallest absolute Gasteiger partial charge is 0.407 e. The van der Waals surface area contributed by atoms with Crippen molar-refractivity contribution in [2.75, 3.05) is 114 Å². The van der Waals surface area contributed by atoms with E-state index in [1.54, 1.807) is 50.1 Å². The van der Waals surface area contributed by atoms with Gasteiger partial charge in [-0.25, -0.2) is 14.6 Å². The van der Waals surface area contributed by atoms with Gasteiger partial charge in [-0.3, -0.25) is 28.9 Å². The summed E-state index contributed by atoms with van der Waals surface area (Å²) >= 11 is 0. The van der Waals surface area contributed by atoms with Crippen LogP contribution in [0.3, 0.4) is 0 Å². The van der Waals surface area contributed by atoms with Gasteiger partial charge in [0.05, 0.1) is 90.3 Å². The zero-order chi connectivity index (χ0) is 71.2. The number of unbranched alkanes of at least 4 members (excludes halogenated alkanes) is 2. The lowest BCUT2D eigenvalue weighted by Crippen LogP contribution is -2.58. The number of likely N-dealkylation sites (tertiary alicyclic amines) is 1. The van der Waals surface area contributed by atoms with E-state index in [1.807, 2.05) is 60.8 Å². The number of carbonyl (C=O) groups is 7. The second kappa shape index (κ2) is 39.8. The molecule has 2 aliphatic rings. The summed E-state index contributed by atoms with van der Waals surface area (Å²) in [7, 11) is 1.66. The Kier molecular flexibility index (Phi) is 30.3. The van der Waals surface area contributed by atoms with Gasteiger partial charge >= 0.3 is 12.1 Å². The number of benzene rings is 4. The van der Waals surface area contributed by atoms with Crippen molar-refractivity contribution in [3.63, 3.8) is 0 Å². The highest BCUT2D eigenvalue weighted by atomic mass is 16.6. The predicted octanol–water partition coefficient (Wildman–Crippen LogP) is 7.26. The number of urea groups is 1. The zero-order valence-electron chi connectivity index (χ0n) is 58.1. The van der Waals surface area contributed by atoms with E-state index >= 15 is 0 Å². The number of fused-ring (bicyclic) bond motifs is 3. The Balaban J connectivity index is 0.660. The molecule has 1 fully saturated rings. The number of allylic oxidation sites excluding steroid dienone is 1. The van der Waals surface area contributed by atoms with E-state index < -0.39 is 41.9 Å². The molecule has 0 aliphatic carbocycles. The Morgan fingerprint density at radius 2 is 1.41 bits per heavy atom. The van der Waals surface area contributed by atoms with E-state index in [4.69, 9.17) is 39.9 Å². The zero-order valence-corrected chi connectivity index (χ0v) is 58.1. The van der Waals surface area contributed by atoms with Crippen molar-refractivity contribution in [3.8, 4) is 5.75 Å². The molecule has 0 saturated carbocycles. The first kappa shape index (κ1) is 76.1. The van der Waals surface area contributed by atoms with Crippen molar-refractivity contribution in [3.05, 3.63) is 137 Å². The van der Waals surface area contributed by atoms with Gasteiger partial charge in [0.1, 0.15) is 30.0 Å². The molecule has 0 spiro atoms. The molecule has 27 heteroatoms. The number of rotatable bonds is 41. The quantitative estimate of drug-likeness (QED) is 0.0171. The molecular weight excluding hydrogens is 1280 g/mol. The number of primary amides is 1. The molecule has 1 saturated heterocycles. The number of para-hydroxylation sites is 1. The average Bonchev–Trinajstić information content (AvgIpc) is 1.56. The van der Waals surface area contributed by atoms with Gasteiger partial charge in [0.25, 0.3) is 0 Å². The van der Waals surface area contributed by atoms with Crippen molar-refractivity contribution in [1.82, 2.24) is 46.0 Å². The minimum atomic E-state index is -1.05. The highest BCUT2D eigenvalue weighted by Crippen LogP contribution is 2.33. The van der Waals surface area contributed by atoms with Gasteiger partial charge in [-0.15, -0.1) is 0 Å². The number of nitrogens with zero attached hydrogens (tertiary/aromatic N) is 5. The highest BCUT2D eigenvalue weighted by Gasteiger charge is 2.31. The maximum Gasteiger partial charge on any atom is 0.407 e. The first-order valence-corrected chi connectivity index (χ1v) is 34.4. The molecular formula is C73H98N14O13. The van der Waals surface area contributed by atoms with Crippen LogP contribution in [0.25, 0.3) is 22.7 Å². The molecule has 4 aromatic carbocycles. The molecule has 0 unspecified atom stereocenters. The van der Waals surface area contributed by atoms with Gasteiger partial charge in [0.2, 0.25) is 35.5 Å². The van der Waals surface area contributed by atoms with Crippen LogP contribution in [0, 0.1) is 5.92 Å². The number of carbonyl (C=O) groups excluding carboxylic acids is 7. The van der Waals surface area contributed by atoms with E-state index in [1.165, 1.54) is 0 Å². The third kappa shape index (κ3) is 24.1. The van der Waals surface area contributed by atoms with Crippen LogP contribution in [0.4, 0.5) is 32.7 Å². The van der Waals surface area contributed by atoms with Gasteiger partial charge in [0.15, 0.2) is 5.82 Å². The first-order chi connectivity index (χ1) is 48.4. The lowest BCUT2D eigenvalue weighted by atomic mass is 9.95. The Labute approximate surface area is 584 Å². The Bertz CT molecular complexity index is 3710. The van der Waals surface area contributed by atoms with Crippen molar-refractivity contribution in [1.29, 1.82) is 0 Å². The maximum absolute atomic E-state index is 13.8. The summed E-state index contributed by atoms with van der Waals surface area (Å²) in [4.78, 5) is 104. The van der Waals surface area contributed by atoms with Crippen molar-refractivity contribution in [2.45, 2.75) is 123 Å². The highest BCUT2D eigenvalue weighted by molar-refractivity contribution is 6.00. The Morgan fingerprint density at radius 3 is 2.14 bits per heavy atom. The fraction of sp³-hybridized carbons (Fsp3) is 0.466. The number of nitrogens with two attached hydrogens (primary N) is 2. The van der Waals surface area contributed by atoms with Gasteiger partial charge < -0.3 is 86.6 Å².